The average molecular weight is 427 g/mol. The monoisotopic (exact) mass is 426 g/mol. The van der Waals surface area contributed by atoms with E-state index in [0.29, 0.717) is 21.9 Å². The second-order valence-electron chi connectivity index (χ2n) is 6.33. The topological polar surface area (TPSA) is 112 Å². The third-order valence-electron chi connectivity index (χ3n) is 4.29. The maximum Gasteiger partial charge on any atom is 0.236 e. The zero-order valence-corrected chi connectivity index (χ0v) is 17.4. The lowest BCUT2D eigenvalue weighted by atomic mass is 10.1. The summed E-state index contributed by atoms with van der Waals surface area (Å²) >= 11 is 2.57. The van der Waals surface area contributed by atoms with Gasteiger partial charge in [0.05, 0.1) is 17.7 Å². The molecule has 4 rings (SSSR count). The molecule has 0 aliphatic carbocycles. The Morgan fingerprint density at radius 1 is 1.28 bits per heavy atom. The molecule has 3 heterocycles. The van der Waals surface area contributed by atoms with Crippen LogP contribution in [0.1, 0.15) is 11.1 Å². The summed E-state index contributed by atoms with van der Waals surface area (Å²) in [6.07, 6.45) is 1.53. The Morgan fingerprint density at radius 2 is 2.14 bits per heavy atom. The maximum atomic E-state index is 12.3. The molecule has 0 unspecified atom stereocenters. The van der Waals surface area contributed by atoms with Crippen LogP contribution < -0.4 is 11.2 Å². The van der Waals surface area contributed by atoms with Crippen LogP contribution in [0, 0.1) is 13.8 Å². The highest BCUT2D eigenvalue weighted by Gasteiger charge is 2.16. The van der Waals surface area contributed by atoms with Gasteiger partial charge in [0.25, 0.3) is 0 Å². The van der Waals surface area contributed by atoms with Gasteiger partial charge >= 0.3 is 0 Å². The van der Waals surface area contributed by atoms with E-state index in [1.807, 2.05) is 11.4 Å². The number of nitrogens with two attached hydrogens (primary N) is 1. The van der Waals surface area contributed by atoms with Crippen LogP contribution in [0.2, 0.25) is 0 Å². The minimum atomic E-state index is -0.196. The van der Waals surface area contributed by atoms with Crippen molar-refractivity contribution in [2.24, 2.45) is 0 Å². The SMILES string of the molecule is Cc1ccc(-c2csc(NC(=O)CSc3nnc(-c4ccco4)n3N)n2)cc1C. The number of nitrogens with zero attached hydrogens (tertiary/aromatic N) is 4. The summed E-state index contributed by atoms with van der Waals surface area (Å²) in [5.74, 6) is 6.84. The molecule has 0 bridgehead atoms. The van der Waals surface area contributed by atoms with Crippen molar-refractivity contribution in [2.45, 2.75) is 19.0 Å². The third-order valence-corrected chi connectivity index (χ3v) is 5.99. The summed E-state index contributed by atoms with van der Waals surface area (Å²) in [6, 6.07) is 9.67. The lowest BCUT2D eigenvalue weighted by Gasteiger charge is -2.03. The normalized spacial score (nSPS) is 11.0. The van der Waals surface area contributed by atoms with Crippen LogP contribution in [0.25, 0.3) is 22.8 Å². The van der Waals surface area contributed by atoms with Crippen molar-refractivity contribution in [1.29, 1.82) is 0 Å². The summed E-state index contributed by atoms with van der Waals surface area (Å²) in [5.41, 5.74) is 4.31. The molecule has 10 heteroatoms. The zero-order chi connectivity index (χ0) is 20.4. The van der Waals surface area contributed by atoms with Crippen molar-refractivity contribution >= 4 is 34.1 Å². The Balaban J connectivity index is 1.37. The predicted octanol–water partition coefficient (Wildman–Crippen LogP) is 3.72. The number of hydrogen-bond donors (Lipinski definition) is 2. The maximum absolute atomic E-state index is 12.3. The molecule has 0 atom stereocenters. The van der Waals surface area contributed by atoms with E-state index in [2.05, 4.69) is 46.5 Å². The number of rotatable bonds is 6. The van der Waals surface area contributed by atoms with E-state index in [0.717, 1.165) is 11.3 Å². The van der Waals surface area contributed by atoms with E-state index in [-0.39, 0.29) is 11.7 Å². The summed E-state index contributed by atoms with van der Waals surface area (Å²) in [4.78, 5) is 16.8. The average Bonchev–Trinajstić information content (AvgIpc) is 3.44. The Kier molecular flexibility index (Phi) is 5.36. The Morgan fingerprint density at radius 3 is 2.90 bits per heavy atom. The van der Waals surface area contributed by atoms with Gasteiger partial charge in [-0.2, -0.15) is 0 Å². The zero-order valence-electron chi connectivity index (χ0n) is 15.7. The first-order valence-corrected chi connectivity index (χ1v) is 10.6. The molecule has 3 N–H and O–H groups in total. The van der Waals surface area contributed by atoms with Gasteiger partial charge in [-0.15, -0.1) is 21.5 Å². The van der Waals surface area contributed by atoms with Crippen molar-refractivity contribution in [1.82, 2.24) is 19.9 Å². The summed E-state index contributed by atoms with van der Waals surface area (Å²) in [7, 11) is 0. The molecule has 0 aliphatic rings. The molecule has 0 saturated heterocycles. The highest BCUT2D eigenvalue weighted by Crippen LogP contribution is 2.27. The molecule has 1 amide bonds. The number of aryl methyl sites for hydroxylation is 2. The van der Waals surface area contributed by atoms with Gasteiger partial charge in [0, 0.05) is 10.9 Å². The number of thiazole rings is 1. The number of anilines is 1. The van der Waals surface area contributed by atoms with Crippen LogP contribution >= 0.6 is 23.1 Å². The van der Waals surface area contributed by atoms with E-state index in [4.69, 9.17) is 10.3 Å². The number of amides is 1. The number of hydrogen-bond acceptors (Lipinski definition) is 8. The molecular weight excluding hydrogens is 408 g/mol. The summed E-state index contributed by atoms with van der Waals surface area (Å²) in [6.45, 7) is 4.14. The lowest BCUT2D eigenvalue weighted by molar-refractivity contribution is -0.113. The molecule has 148 valence electrons. The number of aromatic nitrogens is 4. The number of furan rings is 1. The van der Waals surface area contributed by atoms with Gasteiger partial charge in [0.2, 0.25) is 16.9 Å². The second-order valence-corrected chi connectivity index (χ2v) is 8.13. The molecule has 0 spiro atoms. The standard InChI is InChI=1S/C19H18N6O2S2/c1-11-5-6-13(8-12(11)2)14-9-28-18(21-14)22-16(26)10-29-19-24-23-17(25(19)20)15-4-3-7-27-15/h3-9H,10,20H2,1-2H3,(H,21,22,26). The van der Waals surface area contributed by atoms with Gasteiger partial charge in [-0.3, -0.25) is 4.79 Å². The van der Waals surface area contributed by atoms with E-state index >= 15 is 0 Å². The fraction of sp³-hybridized carbons (Fsp3) is 0.158. The van der Waals surface area contributed by atoms with Crippen molar-refractivity contribution < 1.29 is 9.21 Å². The molecule has 0 radical (unpaired) electrons. The highest BCUT2D eigenvalue weighted by atomic mass is 32.2. The van der Waals surface area contributed by atoms with Crippen LogP contribution in [-0.2, 0) is 4.79 Å². The largest absolute Gasteiger partial charge is 0.461 e. The molecule has 29 heavy (non-hydrogen) atoms. The fourth-order valence-corrected chi connectivity index (χ4v) is 3.99. The Hall–Kier alpha value is -3.11. The van der Waals surface area contributed by atoms with E-state index in [1.54, 1.807) is 12.1 Å². The fourth-order valence-electron chi connectivity index (χ4n) is 2.60. The molecule has 8 nitrogen and oxygen atoms in total. The quantitative estimate of drug-likeness (QED) is 0.357. The number of nitrogens with one attached hydrogen (secondary N) is 1. The van der Waals surface area contributed by atoms with Gasteiger partial charge in [-0.25, -0.2) is 9.66 Å². The molecular formula is C19H18N6O2S2. The molecule has 4 aromatic rings. The van der Waals surface area contributed by atoms with Gasteiger partial charge in [0.1, 0.15) is 0 Å². The summed E-state index contributed by atoms with van der Waals surface area (Å²) in [5, 5.41) is 13.7. The molecule has 0 saturated carbocycles. The van der Waals surface area contributed by atoms with Crippen LogP contribution in [0.3, 0.4) is 0 Å². The van der Waals surface area contributed by atoms with Gasteiger partial charge in [0.15, 0.2) is 10.9 Å². The van der Waals surface area contributed by atoms with Gasteiger partial charge in [-0.1, -0.05) is 23.9 Å². The Bertz CT molecular complexity index is 1150. The van der Waals surface area contributed by atoms with E-state index in [1.165, 1.54) is 45.2 Å². The van der Waals surface area contributed by atoms with Crippen LogP contribution in [0.5, 0.6) is 0 Å². The predicted molar refractivity (Wildman–Crippen MR) is 114 cm³/mol. The van der Waals surface area contributed by atoms with Gasteiger partial charge < -0.3 is 15.6 Å². The minimum Gasteiger partial charge on any atom is -0.461 e. The molecule has 3 aromatic heterocycles. The molecule has 1 aromatic carbocycles. The number of carbonyl (C=O) groups excluding carboxylic acids is 1. The first-order chi connectivity index (χ1) is 14.0. The van der Waals surface area contributed by atoms with Crippen LogP contribution in [0.15, 0.2) is 51.5 Å². The second kappa shape index (κ2) is 8.10. The van der Waals surface area contributed by atoms with Gasteiger partial charge in [-0.05, 0) is 43.2 Å². The third kappa shape index (κ3) is 4.17. The van der Waals surface area contributed by atoms with Crippen LogP contribution in [0.4, 0.5) is 5.13 Å². The minimum absolute atomic E-state index is 0.131. The first-order valence-electron chi connectivity index (χ1n) is 8.71. The Labute approximate surface area is 175 Å². The van der Waals surface area contributed by atoms with Crippen molar-refractivity contribution in [3.63, 3.8) is 0 Å². The molecule has 0 aliphatic heterocycles. The molecule has 0 fully saturated rings. The number of benzene rings is 1. The van der Waals surface area contributed by atoms with E-state index < -0.39 is 0 Å². The first kappa shape index (κ1) is 19.2. The summed E-state index contributed by atoms with van der Waals surface area (Å²) < 4.78 is 6.58. The lowest BCUT2D eigenvalue weighted by Crippen LogP contribution is -2.16. The smallest absolute Gasteiger partial charge is 0.236 e. The highest BCUT2D eigenvalue weighted by molar-refractivity contribution is 7.99. The number of thioether (sulfide) groups is 1. The van der Waals surface area contributed by atoms with E-state index in [9.17, 15) is 4.79 Å². The number of nitrogen functional groups attached to an aromatic ring is 1. The van der Waals surface area contributed by atoms with Crippen molar-refractivity contribution in [2.75, 3.05) is 16.9 Å². The van der Waals surface area contributed by atoms with Crippen molar-refractivity contribution in [3.05, 3.63) is 53.1 Å². The van der Waals surface area contributed by atoms with Crippen LogP contribution in [-0.4, -0.2) is 31.5 Å². The van der Waals surface area contributed by atoms with Crippen molar-refractivity contribution in [3.8, 4) is 22.8 Å². The number of carbonyl (C=O) groups is 1.